The largest absolute Gasteiger partial charge is 0.507 e. The number of ether oxygens (including phenoxy) is 1. The predicted octanol–water partition coefficient (Wildman–Crippen LogP) is 5.17. The summed E-state index contributed by atoms with van der Waals surface area (Å²) in [5.41, 5.74) is 3.55. The highest BCUT2D eigenvalue weighted by Gasteiger charge is 2.45. The molecule has 1 unspecified atom stereocenters. The molecule has 5 nitrogen and oxygen atoms in total. The summed E-state index contributed by atoms with van der Waals surface area (Å²) in [4.78, 5) is 27.3. The number of rotatable bonds is 7. The third kappa shape index (κ3) is 4.66. The van der Waals surface area contributed by atoms with Gasteiger partial charge in [-0.15, -0.1) is 0 Å². The Morgan fingerprint density at radius 3 is 2.32 bits per heavy atom. The molecule has 31 heavy (non-hydrogen) atoms. The Morgan fingerprint density at radius 2 is 1.74 bits per heavy atom. The van der Waals surface area contributed by atoms with Crippen LogP contribution in [0.2, 0.25) is 0 Å². The number of ketones is 1. The minimum Gasteiger partial charge on any atom is -0.507 e. The molecule has 1 aliphatic rings. The van der Waals surface area contributed by atoms with Crippen LogP contribution in [0.4, 0.5) is 0 Å². The van der Waals surface area contributed by atoms with Crippen LogP contribution in [0.3, 0.4) is 0 Å². The fourth-order valence-electron chi connectivity index (χ4n) is 3.75. The van der Waals surface area contributed by atoms with Gasteiger partial charge in [0.1, 0.15) is 11.5 Å². The van der Waals surface area contributed by atoms with Gasteiger partial charge in [0.2, 0.25) is 0 Å². The summed E-state index contributed by atoms with van der Waals surface area (Å²) in [6.07, 6.45) is 0.711. The van der Waals surface area contributed by atoms with Crippen molar-refractivity contribution < 1.29 is 19.4 Å². The summed E-state index contributed by atoms with van der Waals surface area (Å²) in [5.74, 6) is -0.204. The highest BCUT2D eigenvalue weighted by Crippen LogP contribution is 2.40. The van der Waals surface area contributed by atoms with Crippen LogP contribution in [0, 0.1) is 19.8 Å². The molecular weight excluding hydrogens is 390 g/mol. The van der Waals surface area contributed by atoms with E-state index in [1.54, 1.807) is 11.0 Å². The topological polar surface area (TPSA) is 66.8 Å². The number of likely N-dealkylation sites (tertiary alicyclic amines) is 1. The first-order valence-electron chi connectivity index (χ1n) is 10.8. The molecule has 1 saturated heterocycles. The van der Waals surface area contributed by atoms with Crippen molar-refractivity contribution in [2.45, 2.75) is 47.1 Å². The van der Waals surface area contributed by atoms with E-state index in [0.717, 1.165) is 22.4 Å². The van der Waals surface area contributed by atoms with Gasteiger partial charge >= 0.3 is 0 Å². The second-order valence-electron chi connectivity index (χ2n) is 8.57. The molecule has 1 fully saturated rings. The van der Waals surface area contributed by atoms with E-state index in [9.17, 15) is 14.7 Å². The zero-order valence-electron chi connectivity index (χ0n) is 18.9. The van der Waals surface area contributed by atoms with Gasteiger partial charge in [0.05, 0.1) is 18.2 Å². The second-order valence-corrected chi connectivity index (χ2v) is 8.57. The first-order chi connectivity index (χ1) is 14.7. The van der Waals surface area contributed by atoms with E-state index in [4.69, 9.17) is 4.74 Å². The van der Waals surface area contributed by atoms with Crippen molar-refractivity contribution in [2.24, 2.45) is 5.92 Å². The molecule has 2 aromatic carbocycles. The van der Waals surface area contributed by atoms with Crippen molar-refractivity contribution in [2.75, 3.05) is 13.2 Å². The number of hydrogen-bond donors (Lipinski definition) is 1. The normalized spacial score (nSPS) is 18.1. The van der Waals surface area contributed by atoms with Crippen molar-refractivity contribution in [3.63, 3.8) is 0 Å². The van der Waals surface area contributed by atoms with Crippen LogP contribution in [0.5, 0.6) is 5.75 Å². The zero-order valence-corrected chi connectivity index (χ0v) is 18.9. The minimum atomic E-state index is -0.644. The molecule has 1 aliphatic heterocycles. The number of hydrogen-bond acceptors (Lipinski definition) is 4. The van der Waals surface area contributed by atoms with Crippen molar-refractivity contribution in [3.8, 4) is 5.75 Å². The van der Waals surface area contributed by atoms with Crippen LogP contribution in [0.15, 0.2) is 48.0 Å². The van der Waals surface area contributed by atoms with E-state index in [1.165, 1.54) is 0 Å². The molecule has 0 spiro atoms. The first kappa shape index (κ1) is 22.6. The Morgan fingerprint density at radius 1 is 1.06 bits per heavy atom. The van der Waals surface area contributed by atoms with Crippen LogP contribution < -0.4 is 4.74 Å². The van der Waals surface area contributed by atoms with E-state index in [1.807, 2.05) is 57.2 Å². The lowest BCUT2D eigenvalue weighted by Crippen LogP contribution is -2.30. The lowest BCUT2D eigenvalue weighted by molar-refractivity contribution is -0.139. The number of carbonyl (C=O) groups is 2. The molecule has 3 rings (SSSR count). The van der Waals surface area contributed by atoms with E-state index < -0.39 is 17.7 Å². The summed E-state index contributed by atoms with van der Waals surface area (Å²) in [5, 5.41) is 11.1. The number of Topliss-reactive ketones (excluding diaryl/α,β-unsaturated/α-hetero) is 1. The summed E-state index contributed by atoms with van der Waals surface area (Å²) in [6, 6.07) is 12.3. The van der Waals surface area contributed by atoms with Gasteiger partial charge in [-0.25, -0.2) is 0 Å². The highest BCUT2D eigenvalue weighted by atomic mass is 16.5. The molecule has 5 heteroatoms. The number of aryl methyl sites for hydroxylation is 2. The molecule has 1 N–H and O–H groups in total. The van der Waals surface area contributed by atoms with Crippen LogP contribution in [0.1, 0.15) is 55.5 Å². The fourth-order valence-corrected chi connectivity index (χ4v) is 3.75. The second kappa shape index (κ2) is 9.38. The summed E-state index contributed by atoms with van der Waals surface area (Å²) < 4.78 is 5.76. The number of benzene rings is 2. The monoisotopic (exact) mass is 421 g/mol. The summed E-state index contributed by atoms with van der Waals surface area (Å²) in [7, 11) is 0. The van der Waals surface area contributed by atoms with Crippen LogP contribution in [-0.4, -0.2) is 34.8 Å². The van der Waals surface area contributed by atoms with Gasteiger partial charge in [0.15, 0.2) is 0 Å². The molecule has 1 amide bonds. The van der Waals surface area contributed by atoms with Crippen LogP contribution >= 0.6 is 0 Å². The maximum Gasteiger partial charge on any atom is 0.295 e. The molecule has 0 bridgehead atoms. The molecule has 1 atom stereocenters. The average Bonchev–Trinajstić information content (AvgIpc) is 2.99. The first-order valence-corrected chi connectivity index (χ1v) is 10.8. The van der Waals surface area contributed by atoms with Crippen molar-refractivity contribution in [3.05, 3.63) is 70.3 Å². The lowest BCUT2D eigenvalue weighted by atomic mass is 9.94. The molecule has 0 aromatic heterocycles. The number of nitrogens with zero attached hydrogens (tertiary/aromatic N) is 1. The smallest absolute Gasteiger partial charge is 0.295 e. The standard InChI is InChI=1S/C26H31NO4/c1-6-13-27-23(19-9-11-21(12-10-19)31-15-16(2)3)22(25(29)26(27)30)24(28)20-8-7-17(4)18(5)14-20/h7-12,14,16,23,28H,6,13,15H2,1-5H3/b24-22-. The van der Waals surface area contributed by atoms with Gasteiger partial charge in [-0.2, -0.15) is 0 Å². The van der Waals surface area contributed by atoms with E-state index in [2.05, 4.69) is 13.8 Å². The Balaban J connectivity index is 2.07. The number of carbonyl (C=O) groups excluding carboxylic acids is 2. The summed E-state index contributed by atoms with van der Waals surface area (Å²) >= 11 is 0. The summed E-state index contributed by atoms with van der Waals surface area (Å²) in [6.45, 7) is 11.1. The fraction of sp³-hybridized carbons (Fsp3) is 0.385. The van der Waals surface area contributed by atoms with Crippen molar-refractivity contribution in [1.29, 1.82) is 0 Å². The molecule has 164 valence electrons. The zero-order chi connectivity index (χ0) is 22.7. The van der Waals surface area contributed by atoms with Crippen LogP contribution in [-0.2, 0) is 9.59 Å². The number of aliphatic hydroxyl groups is 1. The molecule has 2 aromatic rings. The molecule has 1 heterocycles. The van der Waals surface area contributed by atoms with Crippen LogP contribution in [0.25, 0.3) is 5.76 Å². The van der Waals surface area contributed by atoms with Crippen molar-refractivity contribution >= 4 is 17.4 Å². The SMILES string of the molecule is CCCN1C(=O)C(=O)/C(=C(\O)c2ccc(C)c(C)c2)C1c1ccc(OCC(C)C)cc1. The molecule has 0 aliphatic carbocycles. The number of aliphatic hydroxyl groups excluding tert-OH is 1. The van der Waals surface area contributed by atoms with E-state index >= 15 is 0 Å². The van der Waals surface area contributed by atoms with E-state index in [0.29, 0.717) is 31.1 Å². The highest BCUT2D eigenvalue weighted by molar-refractivity contribution is 6.46. The third-order valence-corrected chi connectivity index (χ3v) is 5.56. The average molecular weight is 422 g/mol. The van der Waals surface area contributed by atoms with Crippen molar-refractivity contribution in [1.82, 2.24) is 4.90 Å². The van der Waals surface area contributed by atoms with Gasteiger partial charge in [-0.05, 0) is 61.1 Å². The van der Waals surface area contributed by atoms with Gasteiger partial charge < -0.3 is 14.7 Å². The predicted molar refractivity (Wildman–Crippen MR) is 122 cm³/mol. The van der Waals surface area contributed by atoms with Gasteiger partial charge in [-0.1, -0.05) is 45.0 Å². The maximum absolute atomic E-state index is 13.0. The number of amides is 1. The molecule has 0 saturated carbocycles. The third-order valence-electron chi connectivity index (χ3n) is 5.56. The van der Waals surface area contributed by atoms with Gasteiger partial charge in [0.25, 0.3) is 11.7 Å². The Kier molecular flexibility index (Phi) is 6.84. The maximum atomic E-state index is 13.0. The molecular formula is C26H31NO4. The Bertz CT molecular complexity index is 1000. The van der Waals surface area contributed by atoms with Gasteiger partial charge in [-0.3, -0.25) is 9.59 Å². The van der Waals surface area contributed by atoms with Gasteiger partial charge in [0, 0.05) is 12.1 Å². The Hall–Kier alpha value is -3.08. The van der Waals surface area contributed by atoms with E-state index in [-0.39, 0.29) is 11.3 Å². The minimum absolute atomic E-state index is 0.134. The quantitative estimate of drug-likeness (QED) is 0.380. The molecule has 0 radical (unpaired) electrons. The lowest BCUT2D eigenvalue weighted by Gasteiger charge is -2.25. The Labute approximate surface area is 184 Å².